The zero-order chi connectivity index (χ0) is 24.2. The van der Waals surface area contributed by atoms with E-state index in [1.165, 1.54) is 17.5 Å². The number of aromatic nitrogens is 1. The van der Waals surface area contributed by atoms with E-state index in [4.69, 9.17) is 26.8 Å². The van der Waals surface area contributed by atoms with E-state index in [1.54, 1.807) is 43.3 Å². The highest BCUT2D eigenvalue weighted by atomic mass is 35.5. The first-order valence-electron chi connectivity index (χ1n) is 10.5. The predicted octanol–water partition coefficient (Wildman–Crippen LogP) is 5.85. The minimum Gasteiger partial charge on any atom is -0.489 e. The van der Waals surface area contributed by atoms with Crippen LogP contribution in [-0.4, -0.2) is 23.5 Å². The summed E-state index contributed by atoms with van der Waals surface area (Å²) in [6.45, 7) is 4.15. The number of thiophene rings is 1. The van der Waals surface area contributed by atoms with Gasteiger partial charge in [0, 0.05) is 39.5 Å². The highest BCUT2D eigenvalue weighted by molar-refractivity contribution is 7.17. The number of ether oxygens (including phenoxy) is 2. The number of esters is 1. The molecular weight excluding hydrogens is 474 g/mol. The van der Waals surface area contributed by atoms with Gasteiger partial charge in [0.25, 0.3) is 5.91 Å². The second-order valence-electron chi connectivity index (χ2n) is 7.48. The molecule has 2 heterocycles. The molecule has 0 aliphatic carbocycles. The van der Waals surface area contributed by atoms with Gasteiger partial charge in [-0.05, 0) is 49.1 Å². The summed E-state index contributed by atoms with van der Waals surface area (Å²) in [4.78, 5) is 29.0. The first kappa shape index (κ1) is 23.5. The van der Waals surface area contributed by atoms with Gasteiger partial charge >= 0.3 is 5.97 Å². The molecule has 174 valence electrons. The first-order chi connectivity index (χ1) is 16.4. The molecule has 9 heteroatoms. The minimum atomic E-state index is -0.437. The molecule has 0 radical (unpaired) electrons. The van der Waals surface area contributed by atoms with Gasteiger partial charge in [-0.1, -0.05) is 23.7 Å². The van der Waals surface area contributed by atoms with Crippen LogP contribution < -0.4 is 15.8 Å². The lowest BCUT2D eigenvalue weighted by Gasteiger charge is -2.12. The third kappa shape index (κ3) is 4.98. The molecule has 0 unspecified atom stereocenters. The summed E-state index contributed by atoms with van der Waals surface area (Å²) in [6.07, 6.45) is 1.44. The highest BCUT2D eigenvalue weighted by Gasteiger charge is 2.18. The molecule has 7 nitrogen and oxygen atoms in total. The summed E-state index contributed by atoms with van der Waals surface area (Å²) >= 11 is 7.38. The molecule has 0 saturated heterocycles. The summed E-state index contributed by atoms with van der Waals surface area (Å²) in [5.74, 6) is 0.221. The molecule has 2 aromatic carbocycles. The number of rotatable bonds is 7. The van der Waals surface area contributed by atoms with Crippen LogP contribution in [0.4, 0.5) is 11.5 Å². The van der Waals surface area contributed by atoms with E-state index < -0.39 is 5.97 Å². The van der Waals surface area contributed by atoms with Gasteiger partial charge in [0.15, 0.2) is 0 Å². The van der Waals surface area contributed by atoms with Crippen molar-refractivity contribution in [3.05, 3.63) is 81.3 Å². The van der Waals surface area contributed by atoms with E-state index >= 15 is 0 Å². The fraction of sp³-hybridized carbons (Fsp3) is 0.160. The molecule has 0 spiro atoms. The first-order valence-corrected chi connectivity index (χ1v) is 11.7. The van der Waals surface area contributed by atoms with Crippen molar-refractivity contribution in [2.75, 3.05) is 17.7 Å². The lowest BCUT2D eigenvalue weighted by molar-refractivity contribution is 0.0528. The summed E-state index contributed by atoms with van der Waals surface area (Å²) < 4.78 is 11.9. The number of nitrogens with zero attached hydrogens (tertiary/aromatic N) is 1. The second kappa shape index (κ2) is 10.1. The van der Waals surface area contributed by atoms with E-state index in [0.29, 0.717) is 43.5 Å². The average molecular weight is 496 g/mol. The fourth-order valence-corrected chi connectivity index (χ4v) is 4.67. The number of amides is 1. The number of pyridine rings is 1. The Morgan fingerprint density at radius 2 is 2.03 bits per heavy atom. The number of hydrogen-bond acceptors (Lipinski definition) is 7. The number of fused-ring (bicyclic) bond motifs is 1. The molecule has 4 aromatic rings. The van der Waals surface area contributed by atoms with Gasteiger partial charge in [-0.25, -0.2) is 9.78 Å². The van der Waals surface area contributed by atoms with Crippen molar-refractivity contribution in [2.24, 2.45) is 0 Å². The quantitative estimate of drug-likeness (QED) is 0.312. The molecule has 3 N–H and O–H groups in total. The van der Waals surface area contributed by atoms with Crippen molar-refractivity contribution in [3.8, 4) is 5.75 Å². The van der Waals surface area contributed by atoms with Gasteiger partial charge in [-0.2, -0.15) is 0 Å². The van der Waals surface area contributed by atoms with Crippen LogP contribution in [-0.2, 0) is 11.3 Å². The summed E-state index contributed by atoms with van der Waals surface area (Å²) in [7, 11) is 0. The van der Waals surface area contributed by atoms with E-state index in [1.807, 2.05) is 18.4 Å². The molecule has 0 aliphatic heterocycles. The van der Waals surface area contributed by atoms with Gasteiger partial charge < -0.3 is 20.5 Å². The van der Waals surface area contributed by atoms with Crippen molar-refractivity contribution in [1.29, 1.82) is 0 Å². The molecular formula is C25H22ClN3O4S. The normalized spacial score (nSPS) is 10.8. The molecule has 0 bridgehead atoms. The third-order valence-corrected chi connectivity index (χ3v) is 6.41. The lowest BCUT2D eigenvalue weighted by atomic mass is 10.1. The topological polar surface area (TPSA) is 104 Å². The van der Waals surface area contributed by atoms with E-state index in [2.05, 4.69) is 10.3 Å². The van der Waals surface area contributed by atoms with Crippen molar-refractivity contribution in [1.82, 2.24) is 4.98 Å². The Morgan fingerprint density at radius 1 is 1.21 bits per heavy atom. The maximum atomic E-state index is 12.6. The number of carbonyl (C=O) groups is 2. The van der Waals surface area contributed by atoms with Crippen molar-refractivity contribution in [2.45, 2.75) is 20.5 Å². The second-order valence-corrected chi connectivity index (χ2v) is 8.79. The number of nitrogens with one attached hydrogen (secondary N) is 1. The predicted molar refractivity (Wildman–Crippen MR) is 135 cm³/mol. The van der Waals surface area contributed by atoms with Crippen LogP contribution in [0.25, 0.3) is 10.1 Å². The maximum absolute atomic E-state index is 12.6. The van der Waals surface area contributed by atoms with Crippen LogP contribution in [0.15, 0.2) is 54.0 Å². The minimum absolute atomic E-state index is 0.213. The van der Waals surface area contributed by atoms with Crippen LogP contribution in [0, 0.1) is 6.92 Å². The van der Waals surface area contributed by atoms with E-state index in [0.717, 1.165) is 11.1 Å². The van der Waals surface area contributed by atoms with Gasteiger partial charge in [-0.15, -0.1) is 11.3 Å². The Balaban J connectivity index is 1.54. The largest absolute Gasteiger partial charge is 0.489 e. The molecule has 0 atom stereocenters. The van der Waals surface area contributed by atoms with Crippen LogP contribution in [0.3, 0.4) is 0 Å². The number of hydrogen-bond donors (Lipinski definition) is 2. The number of benzene rings is 2. The van der Waals surface area contributed by atoms with Crippen molar-refractivity contribution >= 4 is 56.4 Å². The summed E-state index contributed by atoms with van der Waals surface area (Å²) in [5, 5.41) is 5.92. The molecule has 1 amide bonds. The molecule has 34 heavy (non-hydrogen) atoms. The number of aryl methyl sites for hydroxylation is 1. The number of halogens is 1. The molecule has 0 saturated carbocycles. The smallest absolute Gasteiger partial charge is 0.341 e. The zero-order valence-corrected chi connectivity index (χ0v) is 20.1. The van der Waals surface area contributed by atoms with Crippen LogP contribution in [0.1, 0.15) is 38.8 Å². The van der Waals surface area contributed by atoms with Crippen LogP contribution >= 0.6 is 22.9 Å². The Bertz CT molecular complexity index is 1390. The van der Waals surface area contributed by atoms with E-state index in [9.17, 15) is 9.59 Å². The van der Waals surface area contributed by atoms with Crippen molar-refractivity contribution in [3.63, 3.8) is 0 Å². The van der Waals surface area contributed by atoms with E-state index in [-0.39, 0.29) is 19.1 Å². The van der Waals surface area contributed by atoms with Gasteiger partial charge in [0.05, 0.1) is 16.9 Å². The molecule has 2 aromatic heterocycles. The molecule has 0 fully saturated rings. The number of anilines is 2. The number of carbonyl (C=O) groups excluding carboxylic acids is 2. The molecule has 0 aliphatic rings. The SMILES string of the molecule is CCOC(=O)c1cnc(N)c2c(COc3cc(NC(=O)c4cccc(Cl)c4)ccc3C)csc12. The van der Waals surface area contributed by atoms with Crippen molar-refractivity contribution < 1.29 is 19.1 Å². The number of nitrogens with two attached hydrogens (primary N) is 1. The summed E-state index contributed by atoms with van der Waals surface area (Å²) in [5.41, 5.74) is 9.26. The summed E-state index contributed by atoms with van der Waals surface area (Å²) in [6, 6.07) is 12.2. The highest BCUT2D eigenvalue weighted by Crippen LogP contribution is 2.34. The van der Waals surface area contributed by atoms with Gasteiger partial charge in [0.1, 0.15) is 18.2 Å². The Morgan fingerprint density at radius 3 is 2.79 bits per heavy atom. The Kier molecular flexibility index (Phi) is 7.00. The lowest BCUT2D eigenvalue weighted by Crippen LogP contribution is -2.12. The number of nitrogen functional groups attached to an aromatic ring is 1. The van der Waals surface area contributed by atoms with Crippen LogP contribution in [0.2, 0.25) is 5.02 Å². The van der Waals surface area contributed by atoms with Crippen LogP contribution in [0.5, 0.6) is 5.75 Å². The Hall–Kier alpha value is -3.62. The van der Waals surface area contributed by atoms with Gasteiger partial charge in [-0.3, -0.25) is 4.79 Å². The zero-order valence-electron chi connectivity index (χ0n) is 18.6. The average Bonchev–Trinajstić information content (AvgIpc) is 3.24. The third-order valence-electron chi connectivity index (χ3n) is 5.11. The molecule has 4 rings (SSSR count). The standard InChI is InChI=1S/C25H22ClN3O4S/c1-3-32-25(31)19-11-28-23(27)21-16(13-34-22(19)21)12-33-20-10-18(8-7-14(20)2)29-24(30)15-5-4-6-17(26)9-15/h4-11,13H,3,12H2,1-2H3,(H2,27,28)(H,29,30). The monoisotopic (exact) mass is 495 g/mol. The maximum Gasteiger partial charge on any atom is 0.341 e. The Labute approximate surface area is 205 Å². The van der Waals surface area contributed by atoms with Gasteiger partial charge in [0.2, 0.25) is 0 Å². The fourth-order valence-electron chi connectivity index (χ4n) is 3.41.